The van der Waals surface area contributed by atoms with Gasteiger partial charge in [-0.2, -0.15) is 0 Å². The van der Waals surface area contributed by atoms with E-state index in [2.05, 4.69) is 28.2 Å². The minimum absolute atomic E-state index is 0.0175. The average molecular weight is 371 g/mol. The van der Waals surface area contributed by atoms with Gasteiger partial charge in [0.15, 0.2) is 0 Å². The second-order valence-corrected chi connectivity index (χ2v) is 6.87. The Morgan fingerprint density at radius 1 is 1.52 bits per heavy atom. The highest BCUT2D eigenvalue weighted by Gasteiger charge is 2.19. The average Bonchev–Trinajstić information content (AvgIpc) is 2.76. The molecule has 6 heteroatoms. The second-order valence-electron chi connectivity index (χ2n) is 4.90. The fraction of sp³-hybridized carbons (Fsp3) is 0.400. The number of benzene rings is 1. The maximum absolute atomic E-state index is 12.4. The van der Waals surface area contributed by atoms with Gasteiger partial charge in [-0.3, -0.25) is 4.79 Å². The molecule has 0 aliphatic heterocycles. The summed E-state index contributed by atoms with van der Waals surface area (Å²) in [6, 6.07) is 5.86. The van der Waals surface area contributed by atoms with Gasteiger partial charge in [0.05, 0.1) is 18.3 Å². The molecule has 2 rings (SSSR count). The fourth-order valence-corrected chi connectivity index (χ4v) is 3.83. The van der Waals surface area contributed by atoms with Crippen molar-refractivity contribution in [3.63, 3.8) is 0 Å². The van der Waals surface area contributed by atoms with Crippen molar-refractivity contribution in [1.82, 2.24) is 5.32 Å². The van der Waals surface area contributed by atoms with E-state index in [1.807, 2.05) is 18.2 Å². The fourth-order valence-electron chi connectivity index (χ4n) is 2.26. The minimum Gasteiger partial charge on any atom is -0.397 e. The topological polar surface area (TPSA) is 64.3 Å². The molecule has 0 saturated carbocycles. The number of hydrogen-bond donors (Lipinski definition) is 2. The molecule has 1 aromatic carbocycles. The number of ether oxygens (including phenoxy) is 1. The van der Waals surface area contributed by atoms with Crippen LogP contribution in [0.2, 0.25) is 0 Å². The SMILES string of the molecule is CCCC(COC)NC(=O)c1sc2cc(Br)ccc2c1N. The van der Waals surface area contributed by atoms with Crippen LogP contribution in [0.15, 0.2) is 22.7 Å². The Morgan fingerprint density at radius 3 is 2.95 bits per heavy atom. The van der Waals surface area contributed by atoms with Crippen molar-refractivity contribution in [1.29, 1.82) is 0 Å². The molecule has 0 bridgehead atoms. The zero-order valence-corrected chi connectivity index (χ0v) is 14.5. The van der Waals surface area contributed by atoms with Gasteiger partial charge in [-0.1, -0.05) is 35.3 Å². The van der Waals surface area contributed by atoms with Gasteiger partial charge in [-0.05, 0) is 18.6 Å². The molecular weight excluding hydrogens is 352 g/mol. The van der Waals surface area contributed by atoms with Gasteiger partial charge in [-0.25, -0.2) is 0 Å². The van der Waals surface area contributed by atoms with Crippen LogP contribution in [0.5, 0.6) is 0 Å². The molecule has 0 saturated heterocycles. The molecule has 1 aromatic heterocycles. The van der Waals surface area contributed by atoms with E-state index in [1.54, 1.807) is 7.11 Å². The van der Waals surface area contributed by atoms with Crippen molar-refractivity contribution >= 4 is 48.9 Å². The van der Waals surface area contributed by atoms with Crippen LogP contribution in [0.4, 0.5) is 5.69 Å². The first-order valence-corrected chi connectivity index (χ1v) is 8.45. The van der Waals surface area contributed by atoms with Crippen LogP contribution in [-0.4, -0.2) is 25.7 Å². The molecule has 0 fully saturated rings. The molecule has 1 atom stereocenters. The number of amides is 1. The van der Waals surface area contributed by atoms with Gasteiger partial charge in [-0.15, -0.1) is 11.3 Å². The van der Waals surface area contributed by atoms with Gasteiger partial charge < -0.3 is 15.8 Å². The van der Waals surface area contributed by atoms with Crippen LogP contribution < -0.4 is 11.1 Å². The number of hydrogen-bond acceptors (Lipinski definition) is 4. The van der Waals surface area contributed by atoms with E-state index in [-0.39, 0.29) is 11.9 Å². The number of methoxy groups -OCH3 is 1. The summed E-state index contributed by atoms with van der Waals surface area (Å²) in [6.07, 6.45) is 1.87. The summed E-state index contributed by atoms with van der Waals surface area (Å²) in [5, 5.41) is 3.93. The van der Waals surface area contributed by atoms with E-state index in [9.17, 15) is 4.79 Å². The molecule has 0 spiro atoms. The molecule has 1 heterocycles. The van der Waals surface area contributed by atoms with Crippen molar-refractivity contribution in [3.05, 3.63) is 27.5 Å². The molecular formula is C15H19BrN2O2S. The number of carbonyl (C=O) groups excluding carboxylic acids is 1. The summed E-state index contributed by atoms with van der Waals surface area (Å²) in [7, 11) is 1.64. The van der Waals surface area contributed by atoms with Gasteiger partial charge in [0.1, 0.15) is 4.88 Å². The lowest BCUT2D eigenvalue weighted by atomic mass is 10.1. The molecule has 21 heavy (non-hydrogen) atoms. The Kier molecular flexibility index (Phi) is 5.61. The summed E-state index contributed by atoms with van der Waals surface area (Å²) >= 11 is 4.85. The lowest BCUT2D eigenvalue weighted by molar-refractivity contribution is 0.0896. The van der Waals surface area contributed by atoms with Crippen LogP contribution in [0, 0.1) is 0 Å². The van der Waals surface area contributed by atoms with Crippen molar-refractivity contribution in [2.24, 2.45) is 0 Å². The predicted octanol–water partition coefficient (Wildman–Crippen LogP) is 3.79. The first kappa shape index (κ1) is 16.3. The number of fused-ring (bicyclic) bond motifs is 1. The zero-order chi connectivity index (χ0) is 15.4. The van der Waals surface area contributed by atoms with Crippen LogP contribution >= 0.6 is 27.3 Å². The summed E-state index contributed by atoms with van der Waals surface area (Å²) in [4.78, 5) is 13.0. The van der Waals surface area contributed by atoms with Crippen LogP contribution in [0.1, 0.15) is 29.4 Å². The van der Waals surface area contributed by atoms with Gasteiger partial charge in [0.25, 0.3) is 5.91 Å². The highest BCUT2D eigenvalue weighted by Crippen LogP contribution is 2.35. The molecule has 1 amide bonds. The lowest BCUT2D eigenvalue weighted by Crippen LogP contribution is -2.37. The Bertz CT molecular complexity index is 636. The van der Waals surface area contributed by atoms with E-state index in [0.717, 1.165) is 27.4 Å². The highest BCUT2D eigenvalue weighted by atomic mass is 79.9. The Morgan fingerprint density at radius 2 is 2.29 bits per heavy atom. The van der Waals surface area contributed by atoms with E-state index in [4.69, 9.17) is 10.5 Å². The predicted molar refractivity (Wildman–Crippen MR) is 92.0 cm³/mol. The number of nitrogens with one attached hydrogen (secondary N) is 1. The summed E-state index contributed by atoms with van der Waals surface area (Å²) < 4.78 is 7.13. The van der Waals surface area contributed by atoms with Crippen molar-refractivity contribution in [2.45, 2.75) is 25.8 Å². The molecule has 2 aromatic rings. The number of anilines is 1. The van der Waals surface area contributed by atoms with Crippen molar-refractivity contribution in [2.75, 3.05) is 19.5 Å². The Hall–Kier alpha value is -1.11. The van der Waals surface area contributed by atoms with Crippen molar-refractivity contribution in [3.8, 4) is 0 Å². The van der Waals surface area contributed by atoms with Crippen LogP contribution in [0.25, 0.3) is 10.1 Å². The minimum atomic E-state index is -0.125. The maximum Gasteiger partial charge on any atom is 0.263 e. The van der Waals surface area contributed by atoms with Gasteiger partial charge >= 0.3 is 0 Å². The van der Waals surface area contributed by atoms with E-state index in [0.29, 0.717) is 17.2 Å². The Balaban J connectivity index is 2.24. The number of nitrogen functional groups attached to an aromatic ring is 1. The second kappa shape index (κ2) is 7.24. The van der Waals surface area contributed by atoms with Crippen LogP contribution in [0.3, 0.4) is 0 Å². The third-order valence-electron chi connectivity index (χ3n) is 3.24. The standard InChI is InChI=1S/C15H19BrN2O2S/c1-3-4-10(8-20-2)18-15(19)14-13(17)11-6-5-9(16)7-12(11)21-14/h5-7,10H,3-4,8,17H2,1-2H3,(H,18,19). The molecule has 3 N–H and O–H groups in total. The summed E-state index contributed by atoms with van der Waals surface area (Å²) in [6.45, 7) is 2.59. The molecule has 0 aliphatic carbocycles. The summed E-state index contributed by atoms with van der Waals surface area (Å²) in [5.41, 5.74) is 6.67. The third kappa shape index (κ3) is 3.75. The monoisotopic (exact) mass is 370 g/mol. The molecule has 0 aliphatic rings. The van der Waals surface area contributed by atoms with Gasteiger partial charge in [0, 0.05) is 21.7 Å². The van der Waals surface area contributed by atoms with Crippen molar-refractivity contribution < 1.29 is 9.53 Å². The van der Waals surface area contributed by atoms with Crippen LogP contribution in [-0.2, 0) is 4.74 Å². The first-order chi connectivity index (χ1) is 10.1. The third-order valence-corrected chi connectivity index (χ3v) is 4.90. The molecule has 1 unspecified atom stereocenters. The number of carbonyl (C=O) groups is 1. The smallest absolute Gasteiger partial charge is 0.263 e. The van der Waals surface area contributed by atoms with E-state index >= 15 is 0 Å². The van der Waals surface area contributed by atoms with E-state index in [1.165, 1.54) is 11.3 Å². The number of halogens is 1. The number of thiophene rings is 1. The Labute approximate surface area is 136 Å². The normalized spacial score (nSPS) is 12.5. The largest absolute Gasteiger partial charge is 0.397 e. The molecule has 4 nitrogen and oxygen atoms in total. The highest BCUT2D eigenvalue weighted by molar-refractivity contribution is 9.10. The maximum atomic E-state index is 12.4. The zero-order valence-electron chi connectivity index (χ0n) is 12.1. The quantitative estimate of drug-likeness (QED) is 0.812. The molecule has 114 valence electrons. The molecule has 0 radical (unpaired) electrons. The summed E-state index contributed by atoms with van der Waals surface area (Å²) in [5.74, 6) is -0.125. The first-order valence-electron chi connectivity index (χ1n) is 6.84. The number of nitrogens with two attached hydrogens (primary N) is 1. The van der Waals surface area contributed by atoms with E-state index < -0.39 is 0 Å². The van der Waals surface area contributed by atoms with Gasteiger partial charge in [0.2, 0.25) is 0 Å². The number of rotatable bonds is 6. The lowest BCUT2D eigenvalue weighted by Gasteiger charge is -2.16.